The first-order valence-electron chi connectivity index (χ1n) is 4.26. The minimum absolute atomic E-state index is 0.256. The van der Waals surface area contributed by atoms with Crippen LogP contribution in [-0.2, 0) is 10.0 Å². The summed E-state index contributed by atoms with van der Waals surface area (Å²) in [7, 11) is -3.37. The molecule has 1 aliphatic heterocycles. The summed E-state index contributed by atoms with van der Waals surface area (Å²) in [5, 5.41) is 3.42. The quantitative estimate of drug-likeness (QED) is 0.448. The van der Waals surface area contributed by atoms with E-state index < -0.39 is 10.0 Å². The molecular formula is C8H8N4O2S. The average molecular weight is 224 g/mol. The average Bonchev–Trinajstić information content (AvgIpc) is 2.38. The summed E-state index contributed by atoms with van der Waals surface area (Å²) in [6.45, 7) is 1.74. The van der Waals surface area contributed by atoms with E-state index in [9.17, 15) is 8.42 Å². The van der Waals surface area contributed by atoms with Gasteiger partial charge in [-0.25, -0.2) is 13.1 Å². The number of rotatable bonds is 1. The van der Waals surface area contributed by atoms with Gasteiger partial charge in [0.25, 0.3) is 0 Å². The molecule has 0 bridgehead atoms. The molecule has 1 N–H and O–H groups in total. The second kappa shape index (κ2) is 3.23. The van der Waals surface area contributed by atoms with Crippen molar-refractivity contribution in [2.45, 2.75) is 17.9 Å². The molecule has 0 spiro atoms. The van der Waals surface area contributed by atoms with Gasteiger partial charge in [-0.1, -0.05) is 11.2 Å². The van der Waals surface area contributed by atoms with E-state index in [0.29, 0.717) is 11.3 Å². The van der Waals surface area contributed by atoms with Crippen molar-refractivity contribution in [3.05, 3.63) is 34.2 Å². The highest BCUT2D eigenvalue weighted by atomic mass is 32.2. The number of hydrogen-bond donors (Lipinski definition) is 1. The van der Waals surface area contributed by atoms with E-state index in [1.165, 1.54) is 12.1 Å². The molecule has 1 aliphatic rings. The van der Waals surface area contributed by atoms with Crippen LogP contribution >= 0.6 is 0 Å². The predicted octanol–water partition coefficient (Wildman–Crippen LogP) is 1.98. The Labute approximate surface area is 86.6 Å². The Bertz CT molecular complexity index is 560. The molecule has 15 heavy (non-hydrogen) atoms. The van der Waals surface area contributed by atoms with Crippen LogP contribution in [0.15, 0.2) is 28.2 Å². The summed E-state index contributed by atoms with van der Waals surface area (Å²) in [5.41, 5.74) is 9.32. The summed E-state index contributed by atoms with van der Waals surface area (Å²) >= 11 is 0. The topological polar surface area (TPSA) is 94.9 Å². The summed E-state index contributed by atoms with van der Waals surface area (Å²) in [6, 6.07) is 4.23. The fourth-order valence-electron chi connectivity index (χ4n) is 1.59. The second-order valence-electron chi connectivity index (χ2n) is 3.25. The van der Waals surface area contributed by atoms with Gasteiger partial charge in [0.15, 0.2) is 0 Å². The molecule has 7 heteroatoms. The Balaban J connectivity index is 2.65. The maximum atomic E-state index is 11.5. The first-order valence-corrected chi connectivity index (χ1v) is 5.74. The van der Waals surface area contributed by atoms with Gasteiger partial charge in [-0.05, 0) is 30.2 Å². The first kappa shape index (κ1) is 9.97. The summed E-state index contributed by atoms with van der Waals surface area (Å²) < 4.78 is 25.5. The van der Waals surface area contributed by atoms with E-state index in [2.05, 4.69) is 14.7 Å². The zero-order valence-electron chi connectivity index (χ0n) is 7.88. The van der Waals surface area contributed by atoms with Crippen molar-refractivity contribution in [1.29, 1.82) is 0 Å². The molecule has 1 aromatic rings. The van der Waals surface area contributed by atoms with E-state index in [1.807, 2.05) is 0 Å². The summed E-state index contributed by atoms with van der Waals surface area (Å²) in [5.74, 6) is 0. The van der Waals surface area contributed by atoms with Gasteiger partial charge < -0.3 is 0 Å². The fourth-order valence-corrected chi connectivity index (χ4v) is 3.11. The van der Waals surface area contributed by atoms with Gasteiger partial charge in [-0.2, -0.15) is 0 Å². The monoisotopic (exact) mass is 224 g/mol. The molecule has 0 saturated carbocycles. The van der Waals surface area contributed by atoms with Crippen molar-refractivity contribution in [2.24, 2.45) is 5.11 Å². The normalized spacial score (nSPS) is 21.8. The number of azide groups is 1. The third-order valence-corrected chi connectivity index (χ3v) is 3.86. The van der Waals surface area contributed by atoms with E-state index in [0.717, 1.165) is 0 Å². The minimum Gasteiger partial charge on any atom is -0.207 e. The molecule has 0 aliphatic carbocycles. The lowest BCUT2D eigenvalue weighted by molar-refractivity contribution is 0.582. The molecule has 1 unspecified atom stereocenters. The van der Waals surface area contributed by atoms with E-state index in [1.54, 1.807) is 13.0 Å². The van der Waals surface area contributed by atoms with Crippen molar-refractivity contribution in [1.82, 2.24) is 4.72 Å². The maximum Gasteiger partial charge on any atom is 0.241 e. The Morgan fingerprint density at radius 2 is 2.27 bits per heavy atom. The van der Waals surface area contributed by atoms with Crippen LogP contribution in [-0.4, -0.2) is 8.42 Å². The van der Waals surface area contributed by atoms with Crippen molar-refractivity contribution in [3.8, 4) is 0 Å². The van der Waals surface area contributed by atoms with Crippen LogP contribution in [0.2, 0.25) is 0 Å². The largest absolute Gasteiger partial charge is 0.241 e. The number of nitrogens with one attached hydrogen (secondary N) is 1. The predicted molar refractivity (Wildman–Crippen MR) is 54.0 cm³/mol. The third-order valence-electron chi connectivity index (χ3n) is 2.24. The SMILES string of the molecule is CC1NS(=O)(=O)c2ccc(N=[N+]=[N-])cc21. The van der Waals surface area contributed by atoms with Gasteiger partial charge in [0.05, 0.1) is 4.90 Å². The van der Waals surface area contributed by atoms with Crippen LogP contribution in [0.25, 0.3) is 10.4 Å². The van der Waals surface area contributed by atoms with Crippen molar-refractivity contribution in [2.75, 3.05) is 0 Å². The zero-order chi connectivity index (χ0) is 11.1. The van der Waals surface area contributed by atoms with Gasteiger partial charge in [-0.3, -0.25) is 0 Å². The van der Waals surface area contributed by atoms with Gasteiger partial charge in [-0.15, -0.1) is 0 Å². The number of fused-ring (bicyclic) bond motifs is 1. The lowest BCUT2D eigenvalue weighted by Gasteiger charge is -2.01. The fraction of sp³-hybridized carbons (Fsp3) is 0.250. The molecule has 0 amide bonds. The molecule has 1 atom stereocenters. The summed E-state index contributed by atoms with van der Waals surface area (Å²) in [4.78, 5) is 2.90. The van der Waals surface area contributed by atoms with Crippen molar-refractivity contribution in [3.63, 3.8) is 0 Å². The Morgan fingerprint density at radius 1 is 1.53 bits per heavy atom. The van der Waals surface area contributed by atoms with E-state index in [-0.39, 0.29) is 10.9 Å². The lowest BCUT2D eigenvalue weighted by Crippen LogP contribution is -2.17. The molecule has 78 valence electrons. The van der Waals surface area contributed by atoms with Crippen LogP contribution in [0.5, 0.6) is 0 Å². The second-order valence-corrected chi connectivity index (χ2v) is 4.94. The molecular weight excluding hydrogens is 216 g/mol. The third kappa shape index (κ3) is 1.56. The van der Waals surface area contributed by atoms with Crippen molar-refractivity contribution >= 4 is 15.7 Å². The highest BCUT2D eigenvalue weighted by Crippen LogP contribution is 2.33. The van der Waals surface area contributed by atoms with Crippen LogP contribution in [0.4, 0.5) is 5.69 Å². The number of hydrogen-bond acceptors (Lipinski definition) is 3. The highest BCUT2D eigenvalue weighted by molar-refractivity contribution is 7.89. The van der Waals surface area contributed by atoms with Crippen LogP contribution < -0.4 is 4.72 Å². The van der Waals surface area contributed by atoms with Crippen LogP contribution in [0, 0.1) is 0 Å². The highest BCUT2D eigenvalue weighted by Gasteiger charge is 2.30. The molecule has 2 rings (SSSR count). The molecule has 0 aromatic heterocycles. The number of nitrogens with zero attached hydrogens (tertiary/aromatic N) is 3. The van der Waals surface area contributed by atoms with Gasteiger partial charge in [0, 0.05) is 16.6 Å². The van der Waals surface area contributed by atoms with Crippen LogP contribution in [0.3, 0.4) is 0 Å². The standard InChI is InChI=1S/C8H8N4O2S/c1-5-7-4-6(10-12-9)2-3-8(7)15(13,14)11-5/h2-5,11H,1H3. The summed E-state index contributed by atoms with van der Waals surface area (Å²) in [6.07, 6.45) is 0. The van der Waals surface area contributed by atoms with Crippen LogP contribution in [0.1, 0.15) is 18.5 Å². The first-order chi connectivity index (χ1) is 7.04. The molecule has 0 fully saturated rings. The van der Waals surface area contributed by atoms with Gasteiger partial charge >= 0.3 is 0 Å². The van der Waals surface area contributed by atoms with Gasteiger partial charge in [0.1, 0.15) is 0 Å². The van der Waals surface area contributed by atoms with E-state index in [4.69, 9.17) is 5.53 Å². The Hall–Kier alpha value is -1.56. The van der Waals surface area contributed by atoms with Crippen molar-refractivity contribution < 1.29 is 8.42 Å². The molecule has 1 heterocycles. The number of sulfonamides is 1. The number of benzene rings is 1. The Morgan fingerprint density at radius 3 is 2.93 bits per heavy atom. The molecule has 6 nitrogen and oxygen atoms in total. The molecule has 1 aromatic carbocycles. The van der Waals surface area contributed by atoms with E-state index >= 15 is 0 Å². The zero-order valence-corrected chi connectivity index (χ0v) is 8.69. The Kier molecular flexibility index (Phi) is 2.15. The lowest BCUT2D eigenvalue weighted by atomic mass is 10.1. The minimum atomic E-state index is -3.37. The van der Waals surface area contributed by atoms with Gasteiger partial charge in [0.2, 0.25) is 10.0 Å². The smallest absolute Gasteiger partial charge is 0.207 e. The molecule has 0 saturated heterocycles. The maximum absolute atomic E-state index is 11.5. The molecule has 0 radical (unpaired) electrons.